The van der Waals surface area contributed by atoms with Gasteiger partial charge in [0.1, 0.15) is 5.52 Å². The first kappa shape index (κ1) is 19.6. The molecule has 0 aromatic carbocycles. The van der Waals surface area contributed by atoms with Crippen LogP contribution in [-0.4, -0.2) is 38.5 Å². The quantitative estimate of drug-likeness (QED) is 0.675. The van der Waals surface area contributed by atoms with Crippen molar-refractivity contribution in [3.63, 3.8) is 0 Å². The standard InChI is InChI=1S/C15H25N4O5P/c1-5-11(8-9-25(22,23-6-2)24-7-3)19-14(20)12-13(17-10-16-12)18(4)15(19)21/h10-11H,5-9H2,1-4H3,(H,16,17). The van der Waals surface area contributed by atoms with Gasteiger partial charge in [0.05, 0.1) is 25.7 Å². The van der Waals surface area contributed by atoms with Crippen molar-refractivity contribution in [2.24, 2.45) is 7.05 Å². The molecule has 0 aliphatic heterocycles. The lowest BCUT2D eigenvalue weighted by molar-refractivity contribution is 0.217. The molecule has 0 spiro atoms. The van der Waals surface area contributed by atoms with Gasteiger partial charge in [0.2, 0.25) is 0 Å². The van der Waals surface area contributed by atoms with Gasteiger partial charge in [-0.25, -0.2) is 9.78 Å². The van der Waals surface area contributed by atoms with E-state index in [2.05, 4.69) is 9.97 Å². The monoisotopic (exact) mass is 372 g/mol. The summed E-state index contributed by atoms with van der Waals surface area (Å²) in [6.07, 6.45) is 2.40. The molecule has 0 radical (unpaired) electrons. The van der Waals surface area contributed by atoms with Crippen molar-refractivity contribution in [1.29, 1.82) is 0 Å². The van der Waals surface area contributed by atoms with Crippen LogP contribution in [0.5, 0.6) is 0 Å². The van der Waals surface area contributed by atoms with E-state index in [1.807, 2.05) is 6.92 Å². The highest BCUT2D eigenvalue weighted by Crippen LogP contribution is 2.49. The number of H-pyrrole nitrogens is 1. The van der Waals surface area contributed by atoms with E-state index in [4.69, 9.17) is 9.05 Å². The fourth-order valence-electron chi connectivity index (χ4n) is 2.86. The van der Waals surface area contributed by atoms with Gasteiger partial charge in [0, 0.05) is 13.1 Å². The SMILES string of the molecule is CCOP(=O)(CCC(CC)n1c(=O)c2[nH]cnc2n(C)c1=O)OCC. The number of nitrogens with zero attached hydrogens (tertiary/aromatic N) is 3. The van der Waals surface area contributed by atoms with Crippen molar-refractivity contribution in [2.45, 2.75) is 39.7 Å². The maximum Gasteiger partial charge on any atom is 0.332 e. The Morgan fingerprint density at radius 1 is 1.24 bits per heavy atom. The van der Waals surface area contributed by atoms with E-state index in [1.54, 1.807) is 20.9 Å². The minimum atomic E-state index is -3.23. The third-order valence-electron chi connectivity index (χ3n) is 4.09. The number of rotatable bonds is 9. The van der Waals surface area contributed by atoms with Crippen LogP contribution in [0.3, 0.4) is 0 Å². The largest absolute Gasteiger partial charge is 0.339 e. The normalized spacial score (nSPS) is 13.4. The van der Waals surface area contributed by atoms with E-state index < -0.39 is 24.9 Å². The van der Waals surface area contributed by atoms with Crippen LogP contribution in [0.1, 0.15) is 39.7 Å². The number of aryl methyl sites for hydroxylation is 1. The van der Waals surface area contributed by atoms with Gasteiger partial charge in [-0.1, -0.05) is 6.92 Å². The third kappa shape index (κ3) is 3.94. The Kier molecular flexibility index (Phi) is 6.37. The van der Waals surface area contributed by atoms with Crippen molar-refractivity contribution in [1.82, 2.24) is 19.1 Å². The molecule has 9 nitrogen and oxygen atoms in total. The highest BCUT2D eigenvalue weighted by atomic mass is 31.2. The summed E-state index contributed by atoms with van der Waals surface area (Å²) in [5.41, 5.74) is -0.280. The van der Waals surface area contributed by atoms with E-state index in [9.17, 15) is 14.2 Å². The number of hydrogen-bond donors (Lipinski definition) is 1. The topological polar surface area (TPSA) is 108 Å². The Balaban J connectivity index is 2.38. The first-order valence-electron chi connectivity index (χ1n) is 8.41. The van der Waals surface area contributed by atoms with Gasteiger partial charge >= 0.3 is 13.3 Å². The molecule has 0 saturated carbocycles. The maximum atomic E-state index is 12.7. The first-order chi connectivity index (χ1) is 11.9. The van der Waals surface area contributed by atoms with E-state index in [-0.39, 0.29) is 24.9 Å². The zero-order valence-electron chi connectivity index (χ0n) is 15.0. The van der Waals surface area contributed by atoms with Crippen LogP contribution in [0, 0.1) is 0 Å². The summed E-state index contributed by atoms with van der Waals surface area (Å²) < 4.78 is 25.8. The van der Waals surface area contributed by atoms with Crippen molar-refractivity contribution < 1.29 is 13.6 Å². The summed E-state index contributed by atoms with van der Waals surface area (Å²) in [6.45, 7) is 5.91. The van der Waals surface area contributed by atoms with E-state index in [1.165, 1.54) is 15.5 Å². The molecule has 1 N–H and O–H groups in total. The lowest BCUT2D eigenvalue weighted by Crippen LogP contribution is -2.41. The lowest BCUT2D eigenvalue weighted by atomic mass is 10.1. The second kappa shape index (κ2) is 8.12. The van der Waals surface area contributed by atoms with Crippen LogP contribution in [0.25, 0.3) is 11.2 Å². The fourth-order valence-corrected chi connectivity index (χ4v) is 4.60. The molecule has 2 heterocycles. The van der Waals surface area contributed by atoms with Crippen molar-refractivity contribution >= 4 is 18.8 Å². The summed E-state index contributed by atoms with van der Waals surface area (Å²) in [5.74, 6) is 0. The summed E-state index contributed by atoms with van der Waals surface area (Å²) in [5, 5.41) is 0. The van der Waals surface area contributed by atoms with Gasteiger partial charge < -0.3 is 14.0 Å². The average molecular weight is 372 g/mol. The number of hydrogen-bond acceptors (Lipinski definition) is 6. The molecule has 0 amide bonds. The molecular formula is C15H25N4O5P. The van der Waals surface area contributed by atoms with Crippen LogP contribution in [0.4, 0.5) is 0 Å². The molecule has 0 aliphatic carbocycles. The van der Waals surface area contributed by atoms with Gasteiger partial charge in [-0.15, -0.1) is 0 Å². The van der Waals surface area contributed by atoms with Crippen molar-refractivity contribution in [3.05, 3.63) is 27.2 Å². The van der Waals surface area contributed by atoms with Gasteiger partial charge in [-0.2, -0.15) is 0 Å². The molecule has 1 atom stereocenters. The van der Waals surface area contributed by atoms with E-state index in [0.29, 0.717) is 18.5 Å². The Morgan fingerprint density at radius 2 is 1.88 bits per heavy atom. The zero-order chi connectivity index (χ0) is 18.6. The zero-order valence-corrected chi connectivity index (χ0v) is 15.9. The minimum Gasteiger partial charge on any atom is -0.339 e. The lowest BCUT2D eigenvalue weighted by Gasteiger charge is -2.22. The first-order valence-corrected chi connectivity index (χ1v) is 10.1. The summed E-state index contributed by atoms with van der Waals surface area (Å²) >= 11 is 0. The molecule has 2 rings (SSSR count). The van der Waals surface area contributed by atoms with Crippen molar-refractivity contribution in [3.8, 4) is 0 Å². The van der Waals surface area contributed by atoms with Crippen LogP contribution in [0.15, 0.2) is 15.9 Å². The number of aromatic amines is 1. The Hall–Kier alpha value is -1.70. The van der Waals surface area contributed by atoms with Crippen LogP contribution in [0.2, 0.25) is 0 Å². The molecule has 2 aromatic heterocycles. The number of fused-ring (bicyclic) bond motifs is 1. The molecule has 0 bridgehead atoms. The molecule has 0 saturated heterocycles. The van der Waals surface area contributed by atoms with Crippen LogP contribution >= 0.6 is 7.60 Å². The average Bonchev–Trinajstić information content (AvgIpc) is 3.06. The second-order valence-electron chi connectivity index (χ2n) is 5.64. The van der Waals surface area contributed by atoms with Crippen molar-refractivity contribution in [2.75, 3.05) is 19.4 Å². The van der Waals surface area contributed by atoms with Gasteiger partial charge in [-0.05, 0) is 26.7 Å². The Bertz CT molecular complexity index is 874. The van der Waals surface area contributed by atoms with Gasteiger partial charge in [0.15, 0.2) is 5.65 Å². The highest BCUT2D eigenvalue weighted by Gasteiger charge is 2.27. The predicted octanol–water partition coefficient (Wildman–Crippen LogP) is 2.03. The predicted molar refractivity (Wildman–Crippen MR) is 95.3 cm³/mol. The molecule has 0 aliphatic rings. The summed E-state index contributed by atoms with van der Waals surface area (Å²) in [4.78, 5) is 32.1. The third-order valence-corrected chi connectivity index (χ3v) is 6.20. The number of nitrogens with one attached hydrogen (secondary N) is 1. The molecule has 2 aromatic rings. The highest BCUT2D eigenvalue weighted by molar-refractivity contribution is 7.53. The Morgan fingerprint density at radius 3 is 2.44 bits per heavy atom. The van der Waals surface area contributed by atoms with Gasteiger partial charge in [-0.3, -0.25) is 18.5 Å². The second-order valence-corrected chi connectivity index (χ2v) is 7.82. The Labute approximate surface area is 145 Å². The molecular weight excluding hydrogens is 347 g/mol. The van der Waals surface area contributed by atoms with Crippen LogP contribution < -0.4 is 11.2 Å². The molecule has 25 heavy (non-hydrogen) atoms. The van der Waals surface area contributed by atoms with Gasteiger partial charge in [0.25, 0.3) is 5.56 Å². The molecule has 10 heteroatoms. The maximum absolute atomic E-state index is 12.7. The summed E-state index contributed by atoms with van der Waals surface area (Å²) in [7, 11) is -1.66. The van der Waals surface area contributed by atoms with E-state index >= 15 is 0 Å². The van der Waals surface area contributed by atoms with E-state index in [0.717, 1.165) is 0 Å². The molecule has 0 fully saturated rings. The summed E-state index contributed by atoms with van der Waals surface area (Å²) in [6, 6.07) is -0.409. The smallest absolute Gasteiger partial charge is 0.332 e. The number of aromatic nitrogens is 4. The minimum absolute atomic E-state index is 0.143. The van der Waals surface area contributed by atoms with Crippen LogP contribution in [-0.2, 0) is 20.7 Å². The number of imidazole rings is 1. The molecule has 1 unspecified atom stereocenters. The fraction of sp³-hybridized carbons (Fsp3) is 0.667. The molecule has 140 valence electrons.